The predicted molar refractivity (Wildman–Crippen MR) is 111 cm³/mol. The van der Waals surface area contributed by atoms with Gasteiger partial charge in [-0.2, -0.15) is 0 Å². The maximum atomic E-state index is 13.8. The number of fused-ring (bicyclic) bond motifs is 3. The van der Waals surface area contributed by atoms with Gasteiger partial charge >= 0.3 is 12.0 Å². The van der Waals surface area contributed by atoms with Gasteiger partial charge in [-0.3, -0.25) is 4.79 Å². The molecule has 1 aliphatic rings. The Morgan fingerprint density at radius 2 is 2.03 bits per heavy atom. The molecule has 0 radical (unpaired) electrons. The molecule has 0 spiro atoms. The number of rotatable bonds is 4. The molecular formula is C21H24FN5O3. The monoisotopic (exact) mass is 413 g/mol. The molecule has 1 aliphatic heterocycles. The Bertz CT molecular complexity index is 1080. The molecule has 3 heterocycles. The molecule has 1 fully saturated rings. The van der Waals surface area contributed by atoms with Crippen molar-refractivity contribution in [1.82, 2.24) is 19.6 Å². The van der Waals surface area contributed by atoms with Gasteiger partial charge in [0.05, 0.1) is 23.2 Å². The average Bonchev–Trinajstić information content (AvgIpc) is 3.09. The summed E-state index contributed by atoms with van der Waals surface area (Å²) in [6.07, 6.45) is 2.69. The first-order chi connectivity index (χ1) is 14.6. The topological polar surface area (TPSA) is 79.2 Å². The van der Waals surface area contributed by atoms with Gasteiger partial charge in [-0.05, 0) is 37.6 Å². The minimum Gasteiger partial charge on any atom is -0.465 e. The van der Waals surface area contributed by atoms with E-state index >= 15 is 0 Å². The van der Waals surface area contributed by atoms with Crippen LogP contribution in [0.15, 0.2) is 36.5 Å². The lowest BCUT2D eigenvalue weighted by molar-refractivity contribution is -0.141. The van der Waals surface area contributed by atoms with Crippen LogP contribution in [0.4, 0.5) is 15.0 Å². The predicted octanol–water partition coefficient (Wildman–Crippen LogP) is 2.41. The number of urea groups is 1. The molecular weight excluding hydrogens is 389 g/mol. The van der Waals surface area contributed by atoms with Crippen molar-refractivity contribution in [3.05, 3.63) is 42.3 Å². The number of halogens is 1. The lowest BCUT2D eigenvalue weighted by atomic mass is 10.2. The van der Waals surface area contributed by atoms with Crippen LogP contribution in [0.3, 0.4) is 0 Å². The first kappa shape index (κ1) is 19.9. The fourth-order valence-electron chi connectivity index (χ4n) is 3.77. The van der Waals surface area contributed by atoms with Crippen molar-refractivity contribution >= 4 is 34.4 Å². The Balaban J connectivity index is 1.51. The van der Waals surface area contributed by atoms with Crippen molar-refractivity contribution in [3.8, 4) is 0 Å². The molecule has 0 aliphatic carbocycles. The van der Waals surface area contributed by atoms with Crippen molar-refractivity contribution in [3.63, 3.8) is 0 Å². The summed E-state index contributed by atoms with van der Waals surface area (Å²) in [6.45, 7) is 4.23. The fourth-order valence-corrected chi connectivity index (χ4v) is 3.77. The number of nitrogens with one attached hydrogen (secondary N) is 1. The van der Waals surface area contributed by atoms with Gasteiger partial charge < -0.3 is 24.3 Å². The normalized spacial score (nSPS) is 14.7. The maximum Gasteiger partial charge on any atom is 0.325 e. The molecule has 4 rings (SSSR count). The first-order valence-corrected chi connectivity index (χ1v) is 10.1. The van der Waals surface area contributed by atoms with Gasteiger partial charge in [0.15, 0.2) is 5.82 Å². The molecule has 1 aromatic carbocycles. The molecule has 2 aromatic heterocycles. The number of benzene rings is 1. The second-order valence-corrected chi connectivity index (χ2v) is 7.12. The van der Waals surface area contributed by atoms with E-state index in [1.54, 1.807) is 17.9 Å². The minimum absolute atomic E-state index is 0.143. The van der Waals surface area contributed by atoms with E-state index in [4.69, 9.17) is 9.72 Å². The third-order valence-corrected chi connectivity index (χ3v) is 5.17. The summed E-state index contributed by atoms with van der Waals surface area (Å²) in [4.78, 5) is 32.4. The summed E-state index contributed by atoms with van der Waals surface area (Å²) in [6, 6.07) is 8.24. The van der Waals surface area contributed by atoms with Gasteiger partial charge in [-0.15, -0.1) is 0 Å². The summed E-state index contributed by atoms with van der Waals surface area (Å²) >= 11 is 0. The highest BCUT2D eigenvalue weighted by atomic mass is 19.1. The van der Waals surface area contributed by atoms with Crippen LogP contribution in [0, 0.1) is 5.82 Å². The highest BCUT2D eigenvalue weighted by molar-refractivity contribution is 5.85. The van der Waals surface area contributed by atoms with Crippen molar-refractivity contribution in [1.29, 1.82) is 0 Å². The number of ether oxygens (including phenoxy) is 1. The Hall–Kier alpha value is -3.36. The van der Waals surface area contributed by atoms with Crippen LogP contribution >= 0.6 is 0 Å². The van der Waals surface area contributed by atoms with Gasteiger partial charge in [0.1, 0.15) is 12.4 Å². The molecule has 0 atom stereocenters. The fraction of sp³-hybridized carbons (Fsp3) is 0.381. The van der Waals surface area contributed by atoms with Crippen molar-refractivity contribution < 1.29 is 18.7 Å². The Morgan fingerprint density at radius 3 is 2.87 bits per heavy atom. The third kappa shape index (κ3) is 4.00. The van der Waals surface area contributed by atoms with Crippen LogP contribution in [0.25, 0.3) is 16.6 Å². The molecule has 1 saturated heterocycles. The Morgan fingerprint density at radius 1 is 1.17 bits per heavy atom. The minimum atomic E-state index is -0.453. The van der Waals surface area contributed by atoms with Crippen LogP contribution < -0.4 is 10.2 Å². The van der Waals surface area contributed by atoms with Crippen LogP contribution in [-0.4, -0.2) is 65.6 Å². The lowest BCUT2D eigenvalue weighted by Gasteiger charge is -2.24. The Kier molecular flexibility index (Phi) is 5.69. The van der Waals surface area contributed by atoms with Gasteiger partial charge in [0.25, 0.3) is 0 Å². The van der Waals surface area contributed by atoms with Crippen LogP contribution in [0.1, 0.15) is 13.3 Å². The van der Waals surface area contributed by atoms with E-state index in [-0.39, 0.29) is 25.0 Å². The summed E-state index contributed by atoms with van der Waals surface area (Å²) in [5, 5.41) is 2.61. The van der Waals surface area contributed by atoms with E-state index in [0.717, 1.165) is 29.8 Å². The highest BCUT2D eigenvalue weighted by Gasteiger charge is 2.22. The van der Waals surface area contributed by atoms with E-state index in [1.165, 1.54) is 12.1 Å². The Labute approximate surface area is 173 Å². The van der Waals surface area contributed by atoms with Crippen molar-refractivity contribution in [2.75, 3.05) is 44.2 Å². The van der Waals surface area contributed by atoms with E-state index < -0.39 is 5.97 Å². The molecule has 8 nitrogen and oxygen atoms in total. The molecule has 0 saturated carbocycles. The summed E-state index contributed by atoms with van der Waals surface area (Å²) in [7, 11) is 0. The van der Waals surface area contributed by atoms with E-state index in [0.29, 0.717) is 25.2 Å². The number of hydrogen-bond acceptors (Lipinski definition) is 5. The van der Waals surface area contributed by atoms with Crippen LogP contribution in [0.5, 0.6) is 0 Å². The molecule has 0 bridgehead atoms. The standard InChI is InChI=1S/C21H24FN5O3/c1-2-30-19(28)14-23-21(29)26-9-4-8-25(11-12-26)20-18-5-3-10-27(18)17-7-6-15(22)13-16(17)24-20/h3,5-7,10,13H,2,4,8-9,11-12,14H2,1H3,(H,23,29). The second kappa shape index (κ2) is 8.56. The van der Waals surface area contributed by atoms with Gasteiger partial charge in [0.2, 0.25) is 0 Å². The zero-order valence-electron chi connectivity index (χ0n) is 16.8. The molecule has 2 amide bonds. The number of nitrogens with zero attached hydrogens (tertiary/aromatic N) is 4. The van der Waals surface area contributed by atoms with Crippen molar-refractivity contribution in [2.24, 2.45) is 0 Å². The van der Waals surface area contributed by atoms with Gasteiger partial charge in [-0.25, -0.2) is 14.2 Å². The number of hydrogen-bond donors (Lipinski definition) is 1. The summed E-state index contributed by atoms with van der Waals surface area (Å²) < 4.78 is 20.6. The van der Waals surface area contributed by atoms with Gasteiger partial charge in [-0.1, -0.05) is 0 Å². The van der Waals surface area contributed by atoms with Crippen LogP contribution in [0.2, 0.25) is 0 Å². The zero-order chi connectivity index (χ0) is 21.1. The SMILES string of the molecule is CCOC(=O)CNC(=O)N1CCCN(c2nc3cc(F)ccc3n3cccc23)CC1. The molecule has 1 N–H and O–H groups in total. The number of carbonyl (C=O) groups is 2. The van der Waals surface area contributed by atoms with E-state index in [1.807, 2.05) is 22.7 Å². The number of anilines is 1. The lowest BCUT2D eigenvalue weighted by Crippen LogP contribution is -2.44. The summed E-state index contributed by atoms with van der Waals surface area (Å²) in [5.41, 5.74) is 2.37. The average molecular weight is 413 g/mol. The third-order valence-electron chi connectivity index (χ3n) is 5.17. The highest BCUT2D eigenvalue weighted by Crippen LogP contribution is 2.26. The molecule has 9 heteroatoms. The zero-order valence-corrected chi connectivity index (χ0v) is 16.8. The largest absolute Gasteiger partial charge is 0.465 e. The molecule has 158 valence electrons. The molecule has 30 heavy (non-hydrogen) atoms. The number of carbonyl (C=O) groups excluding carboxylic acids is 2. The quantitative estimate of drug-likeness (QED) is 0.665. The first-order valence-electron chi connectivity index (χ1n) is 10.1. The van der Waals surface area contributed by atoms with Gasteiger partial charge in [0, 0.05) is 38.4 Å². The maximum absolute atomic E-state index is 13.8. The second-order valence-electron chi connectivity index (χ2n) is 7.12. The number of amides is 2. The smallest absolute Gasteiger partial charge is 0.325 e. The summed E-state index contributed by atoms with van der Waals surface area (Å²) in [5.74, 6) is -0.00910. The molecule has 3 aromatic rings. The van der Waals surface area contributed by atoms with Crippen LogP contribution in [-0.2, 0) is 9.53 Å². The number of aromatic nitrogens is 2. The van der Waals surface area contributed by atoms with E-state index in [9.17, 15) is 14.0 Å². The van der Waals surface area contributed by atoms with Crippen molar-refractivity contribution in [2.45, 2.75) is 13.3 Å². The van der Waals surface area contributed by atoms with E-state index in [2.05, 4.69) is 10.2 Å². The molecule has 0 unspecified atom stereocenters. The number of esters is 1.